The first-order valence-corrected chi connectivity index (χ1v) is 7.08. The zero-order chi connectivity index (χ0) is 16.3. The standard InChI is InChI=1S/C17H21NO4/c1-17(2)8-14(19)12(15(20)9-17)10-18-13-7-11(21-3)5-6-16(13)22-4/h5-7,10,19H,8-9H2,1-4H3. The van der Waals surface area contributed by atoms with Crippen LogP contribution in [0.1, 0.15) is 26.7 Å². The Bertz CT molecular complexity index is 644. The lowest BCUT2D eigenvalue weighted by molar-refractivity contribution is -0.117. The molecule has 5 nitrogen and oxygen atoms in total. The summed E-state index contributed by atoms with van der Waals surface area (Å²) in [4.78, 5) is 16.4. The van der Waals surface area contributed by atoms with Gasteiger partial charge in [0, 0.05) is 25.1 Å². The van der Waals surface area contributed by atoms with Crippen LogP contribution in [0, 0.1) is 5.41 Å². The number of hydrogen-bond donors (Lipinski definition) is 1. The van der Waals surface area contributed by atoms with E-state index in [1.54, 1.807) is 32.4 Å². The second-order valence-electron chi connectivity index (χ2n) is 6.10. The van der Waals surface area contributed by atoms with Gasteiger partial charge in [0.05, 0.1) is 19.8 Å². The van der Waals surface area contributed by atoms with Crippen molar-refractivity contribution >= 4 is 17.7 Å². The third-order valence-corrected chi connectivity index (χ3v) is 3.62. The van der Waals surface area contributed by atoms with Crippen molar-refractivity contribution in [1.82, 2.24) is 0 Å². The number of aliphatic hydroxyl groups is 1. The van der Waals surface area contributed by atoms with Gasteiger partial charge in [0.25, 0.3) is 0 Å². The molecule has 0 heterocycles. The van der Waals surface area contributed by atoms with Gasteiger partial charge >= 0.3 is 0 Å². The fourth-order valence-corrected chi connectivity index (χ4v) is 2.48. The van der Waals surface area contributed by atoms with Crippen LogP contribution in [-0.4, -0.2) is 31.3 Å². The fraction of sp³-hybridized carbons (Fsp3) is 0.412. The van der Waals surface area contributed by atoms with Gasteiger partial charge in [-0.1, -0.05) is 13.8 Å². The SMILES string of the molecule is COc1ccc(OC)c(N=CC2=C(O)CC(C)(C)CC2=O)c1. The van der Waals surface area contributed by atoms with Crippen LogP contribution >= 0.6 is 0 Å². The van der Waals surface area contributed by atoms with Gasteiger partial charge in [-0.25, -0.2) is 0 Å². The van der Waals surface area contributed by atoms with Gasteiger partial charge in [-0.15, -0.1) is 0 Å². The second-order valence-corrected chi connectivity index (χ2v) is 6.10. The molecule has 0 unspecified atom stereocenters. The fourth-order valence-electron chi connectivity index (χ4n) is 2.48. The van der Waals surface area contributed by atoms with E-state index in [1.807, 2.05) is 13.8 Å². The van der Waals surface area contributed by atoms with E-state index in [2.05, 4.69) is 4.99 Å². The van der Waals surface area contributed by atoms with Gasteiger partial charge in [-0.05, 0) is 17.5 Å². The predicted octanol–water partition coefficient (Wildman–Crippen LogP) is 3.61. The highest BCUT2D eigenvalue weighted by Gasteiger charge is 2.32. The number of Topliss-reactive ketones (excluding diaryl/α,β-unsaturated/α-hetero) is 1. The molecule has 1 aromatic rings. The van der Waals surface area contributed by atoms with E-state index in [0.717, 1.165) is 0 Å². The summed E-state index contributed by atoms with van der Waals surface area (Å²) in [5.41, 5.74) is 0.593. The maximum absolute atomic E-state index is 12.2. The number of nitrogens with zero attached hydrogens (tertiary/aromatic N) is 1. The largest absolute Gasteiger partial charge is 0.511 e. The lowest BCUT2D eigenvalue weighted by Crippen LogP contribution is -2.26. The van der Waals surface area contributed by atoms with E-state index in [9.17, 15) is 9.90 Å². The van der Waals surface area contributed by atoms with Gasteiger partial charge in [0.2, 0.25) is 0 Å². The van der Waals surface area contributed by atoms with E-state index in [1.165, 1.54) is 6.21 Å². The molecule has 0 amide bonds. The van der Waals surface area contributed by atoms with Gasteiger partial charge in [-0.2, -0.15) is 0 Å². The smallest absolute Gasteiger partial charge is 0.168 e. The average Bonchev–Trinajstić information content (AvgIpc) is 2.44. The van der Waals surface area contributed by atoms with E-state index < -0.39 is 0 Å². The third kappa shape index (κ3) is 3.47. The van der Waals surface area contributed by atoms with Crippen molar-refractivity contribution < 1.29 is 19.4 Å². The molecule has 0 aromatic heterocycles. The van der Waals surface area contributed by atoms with Crippen molar-refractivity contribution in [3.63, 3.8) is 0 Å². The Hall–Kier alpha value is -2.30. The summed E-state index contributed by atoms with van der Waals surface area (Å²) >= 11 is 0. The number of hydrogen-bond acceptors (Lipinski definition) is 5. The first-order chi connectivity index (χ1) is 10.4. The van der Waals surface area contributed by atoms with E-state index in [0.29, 0.717) is 30.0 Å². The van der Waals surface area contributed by atoms with Crippen LogP contribution in [0.25, 0.3) is 0 Å². The highest BCUT2D eigenvalue weighted by molar-refractivity contribution is 6.15. The van der Waals surface area contributed by atoms with Gasteiger partial charge in [0.1, 0.15) is 22.9 Å². The Balaban J connectivity index is 2.34. The highest BCUT2D eigenvalue weighted by Crippen LogP contribution is 2.36. The maximum atomic E-state index is 12.2. The van der Waals surface area contributed by atoms with Crippen LogP contribution in [0.2, 0.25) is 0 Å². The Morgan fingerprint density at radius 3 is 2.55 bits per heavy atom. The van der Waals surface area contributed by atoms with E-state index >= 15 is 0 Å². The minimum Gasteiger partial charge on any atom is -0.511 e. The number of ether oxygens (including phenoxy) is 2. The lowest BCUT2D eigenvalue weighted by Gasteiger charge is -2.28. The minimum absolute atomic E-state index is 0.0897. The monoisotopic (exact) mass is 303 g/mol. The molecular formula is C17H21NO4. The molecule has 1 N–H and O–H groups in total. The molecule has 1 aromatic carbocycles. The topological polar surface area (TPSA) is 68.1 Å². The number of allylic oxidation sites excluding steroid dienone is 2. The summed E-state index contributed by atoms with van der Waals surface area (Å²) < 4.78 is 10.4. The summed E-state index contributed by atoms with van der Waals surface area (Å²) in [6.07, 6.45) is 2.27. The molecule has 1 aliphatic carbocycles. The number of carbonyl (C=O) groups excluding carboxylic acids is 1. The summed E-state index contributed by atoms with van der Waals surface area (Å²) in [5.74, 6) is 1.20. The van der Waals surface area contributed by atoms with Crippen LogP contribution in [-0.2, 0) is 4.79 Å². The summed E-state index contributed by atoms with van der Waals surface area (Å²) in [5, 5.41) is 10.1. The minimum atomic E-state index is -0.216. The summed E-state index contributed by atoms with van der Waals surface area (Å²) in [7, 11) is 3.11. The van der Waals surface area contributed by atoms with Gasteiger partial charge in [0.15, 0.2) is 5.78 Å². The summed E-state index contributed by atoms with van der Waals surface area (Å²) in [6.45, 7) is 3.92. The highest BCUT2D eigenvalue weighted by atomic mass is 16.5. The van der Waals surface area contributed by atoms with Gasteiger partial charge < -0.3 is 14.6 Å². The molecule has 0 saturated carbocycles. The van der Waals surface area contributed by atoms with Crippen molar-refractivity contribution in [2.75, 3.05) is 14.2 Å². The molecule has 1 aliphatic rings. The Morgan fingerprint density at radius 1 is 1.23 bits per heavy atom. The number of carbonyl (C=O) groups is 1. The van der Waals surface area contributed by atoms with Crippen LogP contribution in [0.3, 0.4) is 0 Å². The maximum Gasteiger partial charge on any atom is 0.168 e. The molecule has 2 rings (SSSR count). The molecule has 0 fully saturated rings. The number of rotatable bonds is 4. The molecule has 0 radical (unpaired) electrons. The number of benzene rings is 1. The Kier molecular flexibility index (Phi) is 4.54. The molecule has 0 bridgehead atoms. The number of ketones is 1. The molecule has 22 heavy (non-hydrogen) atoms. The normalized spacial score (nSPS) is 17.9. The van der Waals surface area contributed by atoms with Crippen molar-refractivity contribution in [3.05, 3.63) is 29.5 Å². The predicted molar refractivity (Wildman–Crippen MR) is 85.4 cm³/mol. The molecule has 118 valence electrons. The third-order valence-electron chi connectivity index (χ3n) is 3.62. The Labute approximate surface area is 130 Å². The quantitative estimate of drug-likeness (QED) is 0.863. The second kappa shape index (κ2) is 6.22. The lowest BCUT2D eigenvalue weighted by atomic mass is 9.77. The van der Waals surface area contributed by atoms with Crippen LogP contribution in [0.5, 0.6) is 11.5 Å². The molecule has 0 aliphatic heterocycles. The van der Waals surface area contributed by atoms with Crippen LogP contribution in [0.4, 0.5) is 5.69 Å². The average molecular weight is 303 g/mol. The molecule has 0 spiro atoms. The van der Waals surface area contributed by atoms with Crippen LogP contribution < -0.4 is 9.47 Å². The van der Waals surface area contributed by atoms with Crippen LogP contribution in [0.15, 0.2) is 34.5 Å². The number of aliphatic hydroxyl groups excluding tert-OH is 1. The molecule has 0 atom stereocenters. The van der Waals surface area contributed by atoms with E-state index in [4.69, 9.17) is 9.47 Å². The zero-order valence-electron chi connectivity index (χ0n) is 13.3. The first kappa shape index (κ1) is 16.1. The van der Waals surface area contributed by atoms with E-state index in [-0.39, 0.29) is 22.5 Å². The molecule has 5 heteroatoms. The van der Waals surface area contributed by atoms with Crippen molar-refractivity contribution in [2.24, 2.45) is 10.4 Å². The molecule has 0 saturated heterocycles. The zero-order valence-corrected chi connectivity index (χ0v) is 13.3. The van der Waals surface area contributed by atoms with Crippen molar-refractivity contribution in [1.29, 1.82) is 0 Å². The first-order valence-electron chi connectivity index (χ1n) is 7.08. The Morgan fingerprint density at radius 2 is 1.95 bits per heavy atom. The van der Waals surface area contributed by atoms with Gasteiger partial charge in [-0.3, -0.25) is 9.79 Å². The number of aliphatic imine (C=N–C) groups is 1. The van der Waals surface area contributed by atoms with Crippen molar-refractivity contribution in [3.8, 4) is 11.5 Å². The summed E-state index contributed by atoms with van der Waals surface area (Å²) in [6, 6.07) is 5.22. The number of methoxy groups -OCH3 is 2. The molecular weight excluding hydrogens is 282 g/mol. The van der Waals surface area contributed by atoms with Crippen molar-refractivity contribution in [2.45, 2.75) is 26.7 Å².